The Morgan fingerprint density at radius 2 is 2.12 bits per heavy atom. The van der Waals surface area contributed by atoms with Crippen molar-refractivity contribution in [3.05, 3.63) is 18.6 Å². The first-order valence-corrected chi connectivity index (χ1v) is 7.81. The molecule has 0 spiro atoms. The number of hydrogen-bond donors (Lipinski definition) is 0. The molecule has 17 heavy (non-hydrogen) atoms. The largest absolute Gasteiger partial charge is 0.406 e. The van der Waals surface area contributed by atoms with Crippen molar-refractivity contribution in [1.29, 1.82) is 0 Å². The molecule has 0 aliphatic rings. The Balaban J connectivity index is 2.82. The van der Waals surface area contributed by atoms with Crippen molar-refractivity contribution in [2.45, 2.75) is 33.3 Å². The first-order chi connectivity index (χ1) is 7.85. The lowest BCUT2D eigenvalue weighted by Crippen LogP contribution is -2.20. The summed E-state index contributed by atoms with van der Waals surface area (Å²) in [7, 11) is 0. The molecule has 0 saturated heterocycles. The van der Waals surface area contributed by atoms with Crippen molar-refractivity contribution in [1.82, 2.24) is 9.97 Å². The van der Waals surface area contributed by atoms with Gasteiger partial charge in [-0.2, -0.15) is 0 Å². The summed E-state index contributed by atoms with van der Waals surface area (Å²) in [5.41, 5.74) is -0.433. The molecule has 0 fully saturated rings. The molecule has 1 rings (SSSR count). The van der Waals surface area contributed by atoms with Crippen LogP contribution in [0.25, 0.3) is 0 Å². The molecule has 0 aromatic carbocycles. The van der Waals surface area contributed by atoms with Crippen LogP contribution in [0.3, 0.4) is 0 Å². The van der Waals surface area contributed by atoms with Gasteiger partial charge in [0.2, 0.25) is 5.88 Å². The van der Waals surface area contributed by atoms with E-state index in [9.17, 15) is 0 Å². The first kappa shape index (κ1) is 14.5. The minimum atomic E-state index is -2.82. The normalized spacial score (nSPS) is 15.3. The summed E-state index contributed by atoms with van der Waals surface area (Å²) < 4.78 is 16.7. The van der Waals surface area contributed by atoms with Crippen LogP contribution in [-0.2, 0) is 20.9 Å². The smallest absolute Gasteiger partial charge is 0.382 e. The fourth-order valence-corrected chi connectivity index (χ4v) is 3.69. The molecule has 5 nitrogen and oxygen atoms in total. The Labute approximate surface area is 107 Å². The van der Waals surface area contributed by atoms with Gasteiger partial charge in [-0.1, -0.05) is 0 Å². The van der Waals surface area contributed by atoms with Gasteiger partial charge in [-0.25, -0.2) is 9.97 Å². The second-order valence-corrected chi connectivity index (χ2v) is 7.07. The van der Waals surface area contributed by atoms with Crippen LogP contribution in [0.15, 0.2) is 18.6 Å². The fraction of sp³-hybridized carbons (Fsp3) is 0.600. The van der Waals surface area contributed by atoms with Crippen LogP contribution >= 0.6 is 6.72 Å². The summed E-state index contributed by atoms with van der Waals surface area (Å²) in [6, 6.07) is 1.62. The van der Waals surface area contributed by atoms with E-state index in [0.717, 1.165) is 0 Å². The Kier molecular flexibility index (Phi) is 5.01. The summed E-state index contributed by atoms with van der Waals surface area (Å²) in [4.78, 5) is 7.75. The van der Waals surface area contributed by atoms with Gasteiger partial charge < -0.3 is 4.52 Å². The zero-order valence-electron chi connectivity index (χ0n) is 10.4. The SMILES string of the molecule is CCOP(=S)(Oc1ccncn1)OC(C)(C)C. The maximum Gasteiger partial charge on any atom is 0.382 e. The second-order valence-electron chi connectivity index (χ2n) is 4.21. The Bertz CT molecular complexity index is 394. The van der Waals surface area contributed by atoms with Crippen molar-refractivity contribution < 1.29 is 13.6 Å². The third-order valence-electron chi connectivity index (χ3n) is 1.43. The van der Waals surface area contributed by atoms with Gasteiger partial charge in [0, 0.05) is 24.1 Å². The van der Waals surface area contributed by atoms with E-state index in [0.29, 0.717) is 12.5 Å². The average Bonchev–Trinajstić information content (AvgIpc) is 2.15. The average molecular weight is 276 g/mol. The topological polar surface area (TPSA) is 53.5 Å². The molecular formula is C10H17N2O3PS. The number of hydrogen-bond acceptors (Lipinski definition) is 6. The number of nitrogens with zero attached hydrogens (tertiary/aromatic N) is 2. The molecule has 0 N–H and O–H groups in total. The Morgan fingerprint density at radius 3 is 2.59 bits per heavy atom. The van der Waals surface area contributed by atoms with Crippen LogP contribution in [-0.4, -0.2) is 22.2 Å². The van der Waals surface area contributed by atoms with E-state index in [4.69, 9.17) is 25.4 Å². The lowest BCUT2D eigenvalue weighted by molar-refractivity contribution is 0.0946. The van der Waals surface area contributed by atoms with Crippen molar-refractivity contribution in [2.24, 2.45) is 0 Å². The molecule has 0 aliphatic carbocycles. The lowest BCUT2D eigenvalue weighted by atomic mass is 10.2. The highest BCUT2D eigenvalue weighted by Gasteiger charge is 2.29. The van der Waals surface area contributed by atoms with Crippen molar-refractivity contribution in [3.63, 3.8) is 0 Å². The van der Waals surface area contributed by atoms with Crippen LogP contribution < -0.4 is 4.52 Å². The summed E-state index contributed by atoms with van der Waals surface area (Å²) >= 11 is 5.32. The zero-order chi connectivity index (χ0) is 12.9. The first-order valence-electron chi connectivity index (χ1n) is 5.25. The van der Waals surface area contributed by atoms with E-state index < -0.39 is 12.3 Å². The molecule has 1 aromatic rings. The summed E-state index contributed by atoms with van der Waals surface area (Å²) in [5.74, 6) is 0.362. The van der Waals surface area contributed by atoms with Crippen LogP contribution in [0.5, 0.6) is 5.88 Å². The Hall–Kier alpha value is -0.550. The van der Waals surface area contributed by atoms with Gasteiger partial charge in [0.15, 0.2) is 0 Å². The van der Waals surface area contributed by atoms with Crippen LogP contribution in [0.4, 0.5) is 0 Å². The lowest BCUT2D eigenvalue weighted by Gasteiger charge is -2.28. The second kappa shape index (κ2) is 5.87. The number of rotatable bonds is 5. The van der Waals surface area contributed by atoms with Crippen molar-refractivity contribution >= 4 is 18.5 Å². The molecule has 1 aromatic heterocycles. The monoisotopic (exact) mass is 276 g/mol. The van der Waals surface area contributed by atoms with E-state index in [1.165, 1.54) is 6.33 Å². The van der Waals surface area contributed by atoms with Gasteiger partial charge in [0.1, 0.15) is 6.33 Å². The molecule has 1 unspecified atom stereocenters. The molecule has 0 aliphatic heterocycles. The molecule has 0 radical (unpaired) electrons. The molecule has 7 heteroatoms. The molecule has 0 amide bonds. The van der Waals surface area contributed by atoms with Crippen molar-refractivity contribution in [2.75, 3.05) is 6.61 Å². The van der Waals surface area contributed by atoms with Gasteiger partial charge in [-0.15, -0.1) is 0 Å². The van der Waals surface area contributed by atoms with Gasteiger partial charge in [0.05, 0.1) is 12.2 Å². The van der Waals surface area contributed by atoms with Gasteiger partial charge in [-0.05, 0) is 27.7 Å². The fourth-order valence-electron chi connectivity index (χ4n) is 1.01. The maximum atomic E-state index is 5.69. The Morgan fingerprint density at radius 1 is 1.41 bits per heavy atom. The summed E-state index contributed by atoms with van der Waals surface area (Å²) in [6.45, 7) is 5.15. The molecule has 1 atom stereocenters. The van der Waals surface area contributed by atoms with E-state index in [2.05, 4.69) is 9.97 Å². The molecule has 0 bridgehead atoms. The molecule has 96 valence electrons. The van der Waals surface area contributed by atoms with Gasteiger partial charge >= 0.3 is 6.72 Å². The highest BCUT2D eigenvalue weighted by Crippen LogP contribution is 2.52. The summed E-state index contributed by atoms with van der Waals surface area (Å²) in [5, 5.41) is 0. The van der Waals surface area contributed by atoms with Crippen LogP contribution in [0.1, 0.15) is 27.7 Å². The molecular weight excluding hydrogens is 259 g/mol. The highest BCUT2D eigenvalue weighted by atomic mass is 32.5. The van der Waals surface area contributed by atoms with E-state index >= 15 is 0 Å². The standard InChI is InChI=1S/C10H17N2O3PS/c1-5-13-16(17,15-10(2,3)4)14-9-6-7-11-8-12-9/h6-8H,5H2,1-4H3. The number of aromatic nitrogens is 2. The van der Waals surface area contributed by atoms with Crippen LogP contribution in [0.2, 0.25) is 0 Å². The van der Waals surface area contributed by atoms with Crippen LogP contribution in [0, 0.1) is 0 Å². The van der Waals surface area contributed by atoms with Crippen molar-refractivity contribution in [3.8, 4) is 5.88 Å². The third kappa shape index (κ3) is 5.55. The predicted octanol–water partition coefficient (Wildman–Crippen LogP) is 2.93. The minimum Gasteiger partial charge on any atom is -0.406 e. The van der Waals surface area contributed by atoms with E-state index in [1.54, 1.807) is 12.3 Å². The minimum absolute atomic E-state index is 0.362. The molecule has 0 saturated carbocycles. The highest BCUT2D eigenvalue weighted by molar-refractivity contribution is 8.07. The van der Waals surface area contributed by atoms with E-state index in [1.807, 2.05) is 27.7 Å². The molecule has 1 heterocycles. The zero-order valence-corrected chi connectivity index (χ0v) is 12.1. The third-order valence-corrected chi connectivity index (χ3v) is 3.95. The predicted molar refractivity (Wildman–Crippen MR) is 69.4 cm³/mol. The van der Waals surface area contributed by atoms with E-state index in [-0.39, 0.29) is 0 Å². The maximum absolute atomic E-state index is 5.69. The van der Waals surface area contributed by atoms with Gasteiger partial charge in [-0.3, -0.25) is 9.05 Å². The summed E-state index contributed by atoms with van der Waals surface area (Å²) in [6.07, 6.45) is 2.96. The quantitative estimate of drug-likeness (QED) is 0.771. The van der Waals surface area contributed by atoms with Gasteiger partial charge in [0.25, 0.3) is 0 Å².